The largest absolute Gasteiger partial charge is 0.402 e. The molecular weight excluding hydrogens is 122 g/mol. The minimum Gasteiger partial charge on any atom is -0.402 e. The highest BCUT2D eigenvalue weighted by Crippen LogP contribution is 2.14. The van der Waals surface area contributed by atoms with Gasteiger partial charge in [0.2, 0.25) is 0 Å². The quantitative estimate of drug-likeness (QED) is 0.545. The lowest BCUT2D eigenvalue weighted by Gasteiger charge is -1.95. The Morgan fingerprint density at radius 3 is 2.70 bits per heavy atom. The van der Waals surface area contributed by atoms with Crippen LogP contribution >= 0.6 is 0 Å². The third-order valence-corrected chi connectivity index (χ3v) is 1.81. The Morgan fingerprint density at radius 1 is 1.30 bits per heavy atom. The average molecular weight is 137 g/mol. The number of nitrogens with two attached hydrogens (primary N) is 1. The average Bonchev–Trinajstić information content (AvgIpc) is 2.04. The van der Waals surface area contributed by atoms with Crippen molar-refractivity contribution in [1.82, 2.24) is 0 Å². The Kier molecular flexibility index (Phi) is 1.95. The molecule has 1 rings (SSSR count). The smallest absolute Gasteiger partial charge is 0.0119 e. The van der Waals surface area contributed by atoms with Crippen molar-refractivity contribution >= 4 is 0 Å². The van der Waals surface area contributed by atoms with Crippen LogP contribution in [-0.2, 0) is 0 Å². The van der Waals surface area contributed by atoms with Crippen molar-refractivity contribution < 1.29 is 1.43 Å². The van der Waals surface area contributed by atoms with Crippen LogP contribution in [0.3, 0.4) is 0 Å². The minimum absolute atomic E-state index is 0. The third kappa shape index (κ3) is 1.50. The van der Waals surface area contributed by atoms with Gasteiger partial charge in [0.25, 0.3) is 0 Å². The Balaban J connectivity index is 0.000001000. The highest BCUT2D eigenvalue weighted by atomic mass is 14.6. The summed E-state index contributed by atoms with van der Waals surface area (Å²) in [6, 6.07) is 0. The molecule has 0 aromatic rings. The summed E-state index contributed by atoms with van der Waals surface area (Å²) in [5.74, 6) is 0. The first-order chi connectivity index (χ1) is 4.70. The van der Waals surface area contributed by atoms with Gasteiger partial charge in [0.05, 0.1) is 0 Å². The van der Waals surface area contributed by atoms with Gasteiger partial charge < -0.3 is 5.73 Å². The van der Waals surface area contributed by atoms with Gasteiger partial charge in [-0.3, -0.25) is 0 Å². The molecular formula is C9H15N. The second kappa shape index (κ2) is 2.74. The molecule has 1 aliphatic rings. The van der Waals surface area contributed by atoms with E-state index in [1.807, 2.05) is 6.08 Å². The fourth-order valence-corrected chi connectivity index (χ4v) is 0.863. The van der Waals surface area contributed by atoms with Gasteiger partial charge in [-0.2, -0.15) is 0 Å². The molecule has 2 N–H and O–H groups in total. The van der Waals surface area contributed by atoms with Gasteiger partial charge in [-0.15, -0.1) is 0 Å². The summed E-state index contributed by atoms with van der Waals surface area (Å²) in [7, 11) is 0. The molecule has 1 nitrogen and oxygen atoms in total. The highest BCUT2D eigenvalue weighted by molar-refractivity contribution is 5.35. The van der Waals surface area contributed by atoms with E-state index in [-0.39, 0.29) is 1.43 Å². The molecule has 0 aliphatic heterocycles. The molecule has 56 valence electrons. The van der Waals surface area contributed by atoms with Gasteiger partial charge in [0.15, 0.2) is 0 Å². The molecule has 0 aromatic carbocycles. The van der Waals surface area contributed by atoms with Crippen LogP contribution in [0.2, 0.25) is 0 Å². The van der Waals surface area contributed by atoms with Crippen LogP contribution in [0.1, 0.15) is 21.7 Å². The van der Waals surface area contributed by atoms with E-state index in [0.717, 1.165) is 12.1 Å². The first-order valence-corrected chi connectivity index (χ1v) is 3.50. The topological polar surface area (TPSA) is 26.0 Å². The second-order valence-electron chi connectivity index (χ2n) is 2.68. The van der Waals surface area contributed by atoms with Crippen molar-refractivity contribution in [3.05, 3.63) is 35.1 Å². The summed E-state index contributed by atoms with van der Waals surface area (Å²) >= 11 is 0. The van der Waals surface area contributed by atoms with E-state index in [1.54, 1.807) is 0 Å². The van der Waals surface area contributed by atoms with Crippen LogP contribution in [0.4, 0.5) is 0 Å². The minimum atomic E-state index is 0. The molecule has 0 heterocycles. The Morgan fingerprint density at radius 2 is 2.00 bits per heavy atom. The van der Waals surface area contributed by atoms with Crippen LogP contribution in [0.25, 0.3) is 0 Å². The summed E-state index contributed by atoms with van der Waals surface area (Å²) < 4.78 is 0. The molecule has 0 spiro atoms. The molecule has 0 fully saturated rings. The number of hydrogen-bond acceptors (Lipinski definition) is 1. The van der Waals surface area contributed by atoms with Gasteiger partial charge in [0.1, 0.15) is 0 Å². The molecule has 0 unspecified atom stereocenters. The second-order valence-corrected chi connectivity index (χ2v) is 2.68. The van der Waals surface area contributed by atoms with E-state index in [9.17, 15) is 0 Å². The van der Waals surface area contributed by atoms with Crippen molar-refractivity contribution in [2.75, 3.05) is 0 Å². The van der Waals surface area contributed by atoms with Crippen LogP contribution < -0.4 is 5.73 Å². The van der Waals surface area contributed by atoms with E-state index in [2.05, 4.69) is 26.0 Å². The monoisotopic (exact) mass is 137 g/mol. The fraction of sp³-hybridized carbons (Fsp3) is 0.333. The van der Waals surface area contributed by atoms with Crippen LogP contribution in [0.5, 0.6) is 0 Å². The molecule has 0 saturated carbocycles. The maximum Gasteiger partial charge on any atom is 0.0119 e. The number of hydrogen-bond donors (Lipinski definition) is 1. The first kappa shape index (κ1) is 7.13. The van der Waals surface area contributed by atoms with E-state index in [0.29, 0.717) is 0 Å². The van der Waals surface area contributed by atoms with Gasteiger partial charge in [0, 0.05) is 13.5 Å². The van der Waals surface area contributed by atoms with Crippen molar-refractivity contribution in [3.8, 4) is 0 Å². The normalized spacial score (nSPS) is 18.8. The standard InChI is InChI=1S/C9H13N.H2/c1-7-3-5-9(10)6-4-8(7)2;/h3-5H,6,10H2,1-2H3;1H. The molecule has 1 aliphatic carbocycles. The maximum atomic E-state index is 5.63. The van der Waals surface area contributed by atoms with Gasteiger partial charge in [-0.1, -0.05) is 17.7 Å². The Bertz CT molecular complexity index is 224. The van der Waals surface area contributed by atoms with Crippen LogP contribution in [0, 0.1) is 0 Å². The molecule has 1 heteroatoms. The first-order valence-electron chi connectivity index (χ1n) is 3.50. The predicted molar refractivity (Wildman–Crippen MR) is 46.5 cm³/mol. The molecule has 0 atom stereocenters. The number of rotatable bonds is 0. The third-order valence-electron chi connectivity index (χ3n) is 1.81. The van der Waals surface area contributed by atoms with Crippen molar-refractivity contribution in [2.24, 2.45) is 5.73 Å². The predicted octanol–water partition coefficient (Wildman–Crippen LogP) is 2.37. The Labute approximate surface area is 63.4 Å². The molecule has 0 radical (unpaired) electrons. The van der Waals surface area contributed by atoms with E-state index < -0.39 is 0 Å². The zero-order chi connectivity index (χ0) is 7.56. The van der Waals surface area contributed by atoms with E-state index in [1.165, 1.54) is 11.1 Å². The number of allylic oxidation sites excluding steroid dienone is 5. The molecule has 0 aromatic heterocycles. The summed E-state index contributed by atoms with van der Waals surface area (Å²) in [6.07, 6.45) is 7.08. The lowest BCUT2D eigenvalue weighted by molar-refractivity contribution is 1.16. The summed E-state index contributed by atoms with van der Waals surface area (Å²) in [4.78, 5) is 0. The molecule has 0 bridgehead atoms. The lowest BCUT2D eigenvalue weighted by Crippen LogP contribution is -1.92. The Hall–Kier alpha value is -0.980. The van der Waals surface area contributed by atoms with Gasteiger partial charge in [-0.25, -0.2) is 0 Å². The molecule has 10 heavy (non-hydrogen) atoms. The highest BCUT2D eigenvalue weighted by Gasteiger charge is 1.96. The van der Waals surface area contributed by atoms with Gasteiger partial charge >= 0.3 is 0 Å². The summed E-state index contributed by atoms with van der Waals surface area (Å²) in [5, 5.41) is 0. The zero-order valence-corrected chi connectivity index (χ0v) is 6.52. The SMILES string of the molecule is CC1=CC=C(N)CC=C1C.[HH]. The molecule has 0 amide bonds. The lowest BCUT2D eigenvalue weighted by atomic mass is 10.1. The fourth-order valence-electron chi connectivity index (χ4n) is 0.863. The van der Waals surface area contributed by atoms with E-state index >= 15 is 0 Å². The van der Waals surface area contributed by atoms with Gasteiger partial charge in [-0.05, 0) is 25.5 Å². The maximum absolute atomic E-state index is 5.63. The molecule has 0 saturated heterocycles. The van der Waals surface area contributed by atoms with Crippen molar-refractivity contribution in [1.29, 1.82) is 0 Å². The van der Waals surface area contributed by atoms with Crippen LogP contribution in [-0.4, -0.2) is 0 Å². The van der Waals surface area contributed by atoms with E-state index in [4.69, 9.17) is 5.73 Å². The van der Waals surface area contributed by atoms with Crippen molar-refractivity contribution in [2.45, 2.75) is 20.3 Å². The zero-order valence-electron chi connectivity index (χ0n) is 6.52. The van der Waals surface area contributed by atoms with Crippen molar-refractivity contribution in [3.63, 3.8) is 0 Å². The summed E-state index contributed by atoms with van der Waals surface area (Å²) in [6.45, 7) is 4.21. The summed E-state index contributed by atoms with van der Waals surface area (Å²) in [5.41, 5.74) is 9.21. The van der Waals surface area contributed by atoms with Crippen LogP contribution in [0.15, 0.2) is 35.1 Å².